The van der Waals surface area contributed by atoms with Gasteiger partial charge in [0.25, 0.3) is 0 Å². The molecule has 0 spiro atoms. The molecule has 0 unspecified atom stereocenters. The number of carbonyl (C=O) groups is 2. The highest BCUT2D eigenvalue weighted by Gasteiger charge is 2.08. The molecule has 1 aromatic rings. The molecule has 4 nitrogen and oxygen atoms in total. The third-order valence-corrected chi connectivity index (χ3v) is 2.88. The molecular weight excluding hydrogens is 276 g/mol. The first-order valence-electron chi connectivity index (χ1n) is 6.64. The first-order chi connectivity index (χ1) is 9.13. The van der Waals surface area contributed by atoms with E-state index >= 15 is 0 Å². The molecule has 2 N–H and O–H groups in total. The number of benzene rings is 1. The van der Waals surface area contributed by atoms with Crippen LogP contribution in [-0.2, 0) is 4.79 Å². The summed E-state index contributed by atoms with van der Waals surface area (Å²) in [5.41, 5.74) is 1.80. The van der Waals surface area contributed by atoms with E-state index in [1.807, 2.05) is 38.2 Å². The maximum Gasteiger partial charge on any atom is 0.220 e. The predicted octanol–water partition coefficient (Wildman–Crippen LogP) is 2.11. The van der Waals surface area contributed by atoms with Crippen LogP contribution < -0.4 is 10.6 Å². The quantitative estimate of drug-likeness (QED) is 0.571. The average molecular weight is 299 g/mol. The van der Waals surface area contributed by atoms with Crippen molar-refractivity contribution in [2.24, 2.45) is 0 Å². The molecule has 0 heterocycles. The van der Waals surface area contributed by atoms with Gasteiger partial charge in [-0.1, -0.05) is 29.8 Å². The molecule has 0 saturated carbocycles. The molecule has 5 heteroatoms. The van der Waals surface area contributed by atoms with Gasteiger partial charge in [-0.15, -0.1) is 12.4 Å². The zero-order chi connectivity index (χ0) is 14.1. The summed E-state index contributed by atoms with van der Waals surface area (Å²) in [6, 6.07) is 7.43. The van der Waals surface area contributed by atoms with Gasteiger partial charge in [0, 0.05) is 24.9 Å². The van der Waals surface area contributed by atoms with Gasteiger partial charge < -0.3 is 10.6 Å². The largest absolute Gasteiger partial charge is 0.356 e. The third-order valence-electron chi connectivity index (χ3n) is 2.88. The van der Waals surface area contributed by atoms with Crippen LogP contribution in [0.3, 0.4) is 0 Å². The van der Waals surface area contributed by atoms with E-state index in [1.165, 1.54) is 0 Å². The highest BCUT2D eigenvalue weighted by Crippen LogP contribution is 2.07. The molecule has 1 rings (SSSR count). The van der Waals surface area contributed by atoms with Gasteiger partial charge in [-0.25, -0.2) is 0 Å². The Hall–Kier alpha value is -1.39. The zero-order valence-electron chi connectivity index (χ0n) is 12.1. The first-order valence-corrected chi connectivity index (χ1v) is 6.64. The monoisotopic (exact) mass is 298 g/mol. The standard InChI is InChI=1S/C15H22N2O2.ClH/c1-12-4-6-13(7-5-12)14(18)8-9-15(19)17-11-3-10-16-2;/h4-7,16H,3,8-11H2,1-2H3,(H,17,19);1H. The number of halogens is 1. The number of hydrogen-bond acceptors (Lipinski definition) is 3. The van der Waals surface area contributed by atoms with Gasteiger partial charge in [0.2, 0.25) is 5.91 Å². The lowest BCUT2D eigenvalue weighted by Crippen LogP contribution is -2.26. The summed E-state index contributed by atoms with van der Waals surface area (Å²) < 4.78 is 0. The molecule has 0 bridgehead atoms. The molecule has 0 aliphatic rings. The van der Waals surface area contributed by atoms with Gasteiger partial charge in [-0.05, 0) is 26.9 Å². The lowest BCUT2D eigenvalue weighted by atomic mass is 10.1. The Morgan fingerprint density at radius 1 is 1.05 bits per heavy atom. The molecule has 0 aliphatic carbocycles. The van der Waals surface area contributed by atoms with Crippen LogP contribution in [0.25, 0.3) is 0 Å². The number of rotatable bonds is 8. The molecule has 0 aliphatic heterocycles. The maximum absolute atomic E-state index is 11.8. The topological polar surface area (TPSA) is 58.2 Å². The van der Waals surface area contributed by atoms with Gasteiger partial charge in [0.1, 0.15) is 0 Å². The van der Waals surface area contributed by atoms with Crippen LogP contribution in [0.2, 0.25) is 0 Å². The molecule has 20 heavy (non-hydrogen) atoms. The number of ketones is 1. The number of carbonyl (C=O) groups excluding carboxylic acids is 2. The maximum atomic E-state index is 11.8. The number of amides is 1. The fourth-order valence-corrected chi connectivity index (χ4v) is 1.69. The number of Topliss-reactive ketones (excluding diaryl/α,β-unsaturated/α-hetero) is 1. The second-order valence-electron chi connectivity index (χ2n) is 4.60. The highest BCUT2D eigenvalue weighted by atomic mass is 35.5. The second kappa shape index (κ2) is 10.4. The normalized spacial score (nSPS) is 9.70. The Balaban J connectivity index is 0.00000361. The summed E-state index contributed by atoms with van der Waals surface area (Å²) in [5.74, 6) is -0.0399. The van der Waals surface area contributed by atoms with Crippen LogP contribution >= 0.6 is 12.4 Å². The van der Waals surface area contributed by atoms with Crippen molar-refractivity contribution in [3.63, 3.8) is 0 Å². The van der Waals surface area contributed by atoms with Crippen molar-refractivity contribution in [3.8, 4) is 0 Å². The molecule has 0 saturated heterocycles. The lowest BCUT2D eigenvalue weighted by Gasteiger charge is -2.05. The third kappa shape index (κ3) is 7.26. The van der Waals surface area contributed by atoms with Crippen LogP contribution in [0.15, 0.2) is 24.3 Å². The van der Waals surface area contributed by atoms with E-state index in [-0.39, 0.29) is 36.9 Å². The van der Waals surface area contributed by atoms with Crippen molar-refractivity contribution in [2.75, 3.05) is 20.1 Å². The summed E-state index contributed by atoms with van der Waals surface area (Å²) >= 11 is 0. The van der Waals surface area contributed by atoms with Crippen molar-refractivity contribution in [1.82, 2.24) is 10.6 Å². The molecule has 0 fully saturated rings. The number of aryl methyl sites for hydroxylation is 1. The second-order valence-corrected chi connectivity index (χ2v) is 4.60. The van der Waals surface area contributed by atoms with Crippen molar-refractivity contribution >= 4 is 24.1 Å². The van der Waals surface area contributed by atoms with E-state index in [0.29, 0.717) is 12.1 Å². The van der Waals surface area contributed by atoms with Crippen LogP contribution in [0, 0.1) is 6.92 Å². The van der Waals surface area contributed by atoms with E-state index in [0.717, 1.165) is 18.5 Å². The van der Waals surface area contributed by atoms with Crippen LogP contribution in [0.4, 0.5) is 0 Å². The summed E-state index contributed by atoms with van der Waals surface area (Å²) in [4.78, 5) is 23.4. The molecule has 0 radical (unpaired) electrons. The Morgan fingerprint density at radius 2 is 1.70 bits per heavy atom. The Kier molecular flexibility index (Phi) is 9.68. The summed E-state index contributed by atoms with van der Waals surface area (Å²) in [5, 5.41) is 5.81. The number of nitrogens with one attached hydrogen (secondary N) is 2. The molecule has 112 valence electrons. The number of hydrogen-bond donors (Lipinski definition) is 2. The van der Waals surface area contributed by atoms with Crippen LogP contribution in [0.1, 0.15) is 35.2 Å². The fourth-order valence-electron chi connectivity index (χ4n) is 1.69. The summed E-state index contributed by atoms with van der Waals surface area (Å²) in [6.07, 6.45) is 1.42. The first kappa shape index (κ1) is 18.6. The van der Waals surface area contributed by atoms with Crippen LogP contribution in [0.5, 0.6) is 0 Å². The minimum absolute atomic E-state index is 0. The van der Waals surface area contributed by atoms with Crippen molar-refractivity contribution in [2.45, 2.75) is 26.2 Å². The Labute approximate surface area is 126 Å². The minimum Gasteiger partial charge on any atom is -0.356 e. The Bertz CT molecular complexity index is 418. The van der Waals surface area contributed by atoms with E-state index in [9.17, 15) is 9.59 Å². The van der Waals surface area contributed by atoms with Gasteiger partial charge in [-0.3, -0.25) is 9.59 Å². The molecule has 0 aromatic heterocycles. The molecule has 1 amide bonds. The van der Waals surface area contributed by atoms with E-state index in [4.69, 9.17) is 0 Å². The average Bonchev–Trinajstić information content (AvgIpc) is 2.42. The lowest BCUT2D eigenvalue weighted by molar-refractivity contribution is -0.121. The highest BCUT2D eigenvalue weighted by molar-refractivity contribution is 5.97. The molecular formula is C15H23ClN2O2. The minimum atomic E-state index is -0.0587. The summed E-state index contributed by atoms with van der Waals surface area (Å²) in [7, 11) is 1.88. The fraction of sp³-hybridized carbons (Fsp3) is 0.467. The van der Waals surface area contributed by atoms with Crippen molar-refractivity contribution < 1.29 is 9.59 Å². The van der Waals surface area contributed by atoms with Crippen molar-refractivity contribution in [1.29, 1.82) is 0 Å². The smallest absolute Gasteiger partial charge is 0.220 e. The van der Waals surface area contributed by atoms with Gasteiger partial charge >= 0.3 is 0 Å². The van der Waals surface area contributed by atoms with Gasteiger partial charge in [-0.2, -0.15) is 0 Å². The SMILES string of the molecule is CNCCCNC(=O)CCC(=O)c1ccc(C)cc1.Cl. The van der Waals surface area contributed by atoms with E-state index in [2.05, 4.69) is 10.6 Å². The van der Waals surface area contributed by atoms with Gasteiger partial charge in [0.05, 0.1) is 0 Å². The summed E-state index contributed by atoms with van der Waals surface area (Å²) in [6.45, 7) is 3.51. The zero-order valence-corrected chi connectivity index (χ0v) is 12.9. The predicted molar refractivity (Wildman–Crippen MR) is 83.5 cm³/mol. The van der Waals surface area contributed by atoms with E-state index < -0.39 is 0 Å². The van der Waals surface area contributed by atoms with E-state index in [1.54, 1.807) is 0 Å². The Morgan fingerprint density at radius 3 is 2.30 bits per heavy atom. The molecule has 1 aromatic carbocycles. The van der Waals surface area contributed by atoms with Crippen LogP contribution in [-0.4, -0.2) is 31.8 Å². The van der Waals surface area contributed by atoms with Crippen molar-refractivity contribution in [3.05, 3.63) is 35.4 Å². The van der Waals surface area contributed by atoms with Gasteiger partial charge in [0.15, 0.2) is 5.78 Å². The molecule has 0 atom stereocenters.